The Bertz CT molecular complexity index is 649. The van der Waals surface area contributed by atoms with Gasteiger partial charge < -0.3 is 10.1 Å². The Balaban J connectivity index is 2.30. The molecule has 3 nitrogen and oxygen atoms in total. The molecule has 1 aromatic carbocycles. The van der Waals surface area contributed by atoms with Crippen LogP contribution in [-0.4, -0.2) is 11.5 Å². The molecule has 21 heavy (non-hydrogen) atoms. The van der Waals surface area contributed by atoms with E-state index in [9.17, 15) is 0 Å². The van der Waals surface area contributed by atoms with Crippen LogP contribution in [-0.2, 0) is 0 Å². The molecule has 0 saturated carbocycles. The van der Waals surface area contributed by atoms with E-state index in [1.165, 1.54) is 0 Å². The molecule has 0 aliphatic carbocycles. The smallest absolute Gasteiger partial charge is 0.240 e. The van der Waals surface area contributed by atoms with Crippen LogP contribution in [0.15, 0.2) is 24.3 Å². The van der Waals surface area contributed by atoms with Crippen molar-refractivity contribution in [3.63, 3.8) is 0 Å². The molecule has 0 unspecified atom stereocenters. The first kappa shape index (κ1) is 16.5. The van der Waals surface area contributed by atoms with E-state index in [4.69, 9.17) is 51.1 Å². The summed E-state index contributed by atoms with van der Waals surface area (Å²) in [7, 11) is 0. The number of anilines is 1. The van der Waals surface area contributed by atoms with E-state index in [1.807, 2.05) is 6.92 Å². The number of hydrogen-bond acceptors (Lipinski definition) is 3. The number of pyridine rings is 1. The van der Waals surface area contributed by atoms with Crippen LogP contribution in [0.1, 0.15) is 13.3 Å². The van der Waals surface area contributed by atoms with Crippen LogP contribution < -0.4 is 10.1 Å². The monoisotopic (exact) mass is 364 g/mol. The third kappa shape index (κ3) is 4.30. The summed E-state index contributed by atoms with van der Waals surface area (Å²) in [6, 6.07) is 6.48. The Hall–Kier alpha value is -0.870. The number of ether oxygens (including phenoxy) is 1. The second-order valence-electron chi connectivity index (χ2n) is 4.21. The summed E-state index contributed by atoms with van der Waals surface area (Å²) in [5.74, 6) is 1.16. The van der Waals surface area contributed by atoms with Crippen molar-refractivity contribution in [3.05, 3.63) is 44.4 Å². The number of benzene rings is 1. The standard InChI is InChI=1S/C14H12Cl4N2O/c1-2-5-19-13-10(17)7-11(18)14(20-13)21-12-4-3-8(15)6-9(12)16/h3-4,6-7H,2,5H2,1H3,(H,19,20). The summed E-state index contributed by atoms with van der Waals surface area (Å²) in [6.07, 6.45) is 0.944. The molecule has 1 N–H and O–H groups in total. The van der Waals surface area contributed by atoms with Gasteiger partial charge in [0.1, 0.15) is 16.6 Å². The van der Waals surface area contributed by atoms with Crippen LogP contribution in [0.2, 0.25) is 20.1 Å². The van der Waals surface area contributed by atoms with Crippen LogP contribution in [0.4, 0.5) is 5.82 Å². The summed E-state index contributed by atoms with van der Waals surface area (Å²) in [4.78, 5) is 4.28. The third-order valence-electron chi connectivity index (χ3n) is 2.54. The quantitative estimate of drug-likeness (QED) is 0.674. The summed E-state index contributed by atoms with van der Waals surface area (Å²) in [5.41, 5.74) is 0. The fourth-order valence-corrected chi connectivity index (χ4v) is 2.46. The van der Waals surface area contributed by atoms with Crippen molar-refractivity contribution in [3.8, 4) is 11.6 Å². The van der Waals surface area contributed by atoms with Gasteiger partial charge in [0.15, 0.2) is 0 Å². The highest BCUT2D eigenvalue weighted by molar-refractivity contribution is 6.37. The lowest BCUT2D eigenvalue weighted by atomic mass is 10.3. The van der Waals surface area contributed by atoms with E-state index >= 15 is 0 Å². The van der Waals surface area contributed by atoms with E-state index in [1.54, 1.807) is 24.3 Å². The van der Waals surface area contributed by atoms with Crippen LogP contribution in [0.5, 0.6) is 11.6 Å². The van der Waals surface area contributed by atoms with E-state index in [0.717, 1.165) is 13.0 Å². The minimum atomic E-state index is 0.226. The fourth-order valence-electron chi connectivity index (χ4n) is 1.55. The van der Waals surface area contributed by atoms with Crippen molar-refractivity contribution in [2.75, 3.05) is 11.9 Å². The molecule has 2 aromatic rings. The molecular formula is C14H12Cl4N2O. The van der Waals surface area contributed by atoms with Gasteiger partial charge in [-0.3, -0.25) is 0 Å². The first-order chi connectivity index (χ1) is 10.0. The van der Waals surface area contributed by atoms with E-state index < -0.39 is 0 Å². The third-order valence-corrected chi connectivity index (χ3v) is 3.63. The molecule has 0 atom stereocenters. The lowest BCUT2D eigenvalue weighted by Crippen LogP contribution is -2.03. The summed E-state index contributed by atoms with van der Waals surface area (Å²) in [5, 5.41) is 4.73. The zero-order valence-electron chi connectivity index (χ0n) is 11.1. The normalized spacial score (nSPS) is 10.5. The molecule has 0 aliphatic heterocycles. The Labute approximate surface area is 143 Å². The Morgan fingerprint density at radius 1 is 1.05 bits per heavy atom. The lowest BCUT2D eigenvalue weighted by Gasteiger charge is -2.12. The van der Waals surface area contributed by atoms with Crippen molar-refractivity contribution >= 4 is 52.2 Å². The fraction of sp³-hybridized carbons (Fsp3) is 0.214. The molecule has 0 amide bonds. The molecular weight excluding hydrogens is 354 g/mol. The second kappa shape index (κ2) is 7.41. The van der Waals surface area contributed by atoms with Crippen LogP contribution in [0.25, 0.3) is 0 Å². The molecule has 0 fully saturated rings. The molecule has 0 spiro atoms. The number of nitrogens with zero attached hydrogens (tertiary/aromatic N) is 1. The highest BCUT2D eigenvalue weighted by atomic mass is 35.5. The maximum absolute atomic E-state index is 6.10. The molecule has 0 saturated heterocycles. The van der Waals surface area contributed by atoms with Gasteiger partial charge in [-0.2, -0.15) is 4.98 Å². The van der Waals surface area contributed by atoms with Crippen molar-refractivity contribution in [1.82, 2.24) is 4.98 Å². The van der Waals surface area contributed by atoms with Gasteiger partial charge in [-0.15, -0.1) is 0 Å². The molecule has 7 heteroatoms. The molecule has 0 aliphatic rings. The van der Waals surface area contributed by atoms with Crippen LogP contribution in [0.3, 0.4) is 0 Å². The number of aromatic nitrogens is 1. The topological polar surface area (TPSA) is 34.2 Å². The zero-order chi connectivity index (χ0) is 15.4. The van der Waals surface area contributed by atoms with E-state index in [0.29, 0.717) is 31.7 Å². The average molecular weight is 366 g/mol. The second-order valence-corrected chi connectivity index (χ2v) is 5.87. The minimum Gasteiger partial charge on any atom is -0.436 e. The predicted molar refractivity (Wildman–Crippen MR) is 89.6 cm³/mol. The van der Waals surface area contributed by atoms with E-state index in [2.05, 4.69) is 10.3 Å². The van der Waals surface area contributed by atoms with Crippen LogP contribution >= 0.6 is 46.4 Å². The van der Waals surface area contributed by atoms with E-state index in [-0.39, 0.29) is 5.88 Å². The Morgan fingerprint density at radius 2 is 1.81 bits per heavy atom. The summed E-state index contributed by atoms with van der Waals surface area (Å²) in [6.45, 7) is 2.79. The number of hydrogen-bond donors (Lipinski definition) is 1. The van der Waals surface area contributed by atoms with Crippen molar-refractivity contribution in [2.24, 2.45) is 0 Å². The van der Waals surface area contributed by atoms with Crippen molar-refractivity contribution < 1.29 is 4.74 Å². The van der Waals surface area contributed by atoms with Gasteiger partial charge in [0, 0.05) is 11.6 Å². The SMILES string of the molecule is CCCNc1nc(Oc2ccc(Cl)cc2Cl)c(Cl)cc1Cl. The first-order valence-electron chi connectivity index (χ1n) is 6.24. The average Bonchev–Trinajstić information content (AvgIpc) is 2.43. The number of rotatable bonds is 5. The van der Waals surface area contributed by atoms with Crippen molar-refractivity contribution in [1.29, 1.82) is 0 Å². The first-order valence-corrected chi connectivity index (χ1v) is 7.75. The van der Waals surface area contributed by atoms with Crippen molar-refractivity contribution in [2.45, 2.75) is 13.3 Å². The predicted octanol–water partition coefficient (Wildman–Crippen LogP) is 6.31. The molecule has 1 heterocycles. The van der Waals surface area contributed by atoms with Gasteiger partial charge in [0.25, 0.3) is 0 Å². The minimum absolute atomic E-state index is 0.226. The maximum Gasteiger partial charge on any atom is 0.240 e. The largest absolute Gasteiger partial charge is 0.436 e. The Kier molecular flexibility index (Phi) is 5.82. The van der Waals surface area contributed by atoms with Gasteiger partial charge >= 0.3 is 0 Å². The lowest BCUT2D eigenvalue weighted by molar-refractivity contribution is 0.464. The van der Waals surface area contributed by atoms with Gasteiger partial charge in [-0.05, 0) is 30.7 Å². The number of nitrogens with one attached hydrogen (secondary N) is 1. The summed E-state index contributed by atoms with van der Waals surface area (Å²) >= 11 is 24.1. The zero-order valence-corrected chi connectivity index (χ0v) is 14.1. The van der Waals surface area contributed by atoms with Gasteiger partial charge in [-0.1, -0.05) is 53.3 Å². The molecule has 112 valence electrons. The summed E-state index contributed by atoms with van der Waals surface area (Å²) < 4.78 is 5.64. The molecule has 2 rings (SSSR count). The van der Waals surface area contributed by atoms with Gasteiger partial charge in [0.2, 0.25) is 5.88 Å². The number of halogens is 4. The molecule has 0 radical (unpaired) electrons. The van der Waals surface area contributed by atoms with Gasteiger partial charge in [-0.25, -0.2) is 0 Å². The highest BCUT2D eigenvalue weighted by Crippen LogP contribution is 2.36. The van der Waals surface area contributed by atoms with Crippen LogP contribution in [0, 0.1) is 0 Å². The molecule has 0 bridgehead atoms. The Morgan fingerprint density at radius 3 is 2.48 bits per heavy atom. The maximum atomic E-state index is 6.10. The highest BCUT2D eigenvalue weighted by Gasteiger charge is 2.13. The molecule has 1 aromatic heterocycles. The van der Waals surface area contributed by atoms with Gasteiger partial charge in [0.05, 0.1) is 10.0 Å².